The molecule has 1 N–H and O–H groups in total. The molecule has 17 heavy (non-hydrogen) atoms. The molecule has 0 aromatic carbocycles. The van der Waals surface area contributed by atoms with E-state index < -0.39 is 0 Å². The second kappa shape index (κ2) is 6.97. The lowest BCUT2D eigenvalue weighted by Crippen LogP contribution is -2.29. The largest absolute Gasteiger partial charge is 0.356 e. The number of rotatable bonds is 6. The molecular formula is C13H22BrN3. The quantitative estimate of drug-likeness (QED) is 0.875. The standard InChI is InChI=1S/C13H22BrN3/c1-5-17(9-10(2)3)13-11(7-15-4)6-12(14)8-16-13/h6,8,10,15H,5,7,9H2,1-4H3. The first-order valence-electron chi connectivity index (χ1n) is 6.12. The highest BCUT2D eigenvalue weighted by Crippen LogP contribution is 2.22. The van der Waals surface area contributed by atoms with Crippen molar-refractivity contribution >= 4 is 21.7 Å². The molecule has 0 aliphatic carbocycles. The van der Waals surface area contributed by atoms with Crippen molar-refractivity contribution in [2.24, 2.45) is 5.92 Å². The van der Waals surface area contributed by atoms with Crippen molar-refractivity contribution in [2.45, 2.75) is 27.3 Å². The Morgan fingerprint density at radius 3 is 2.71 bits per heavy atom. The highest BCUT2D eigenvalue weighted by Gasteiger charge is 2.12. The fourth-order valence-corrected chi connectivity index (χ4v) is 2.26. The van der Waals surface area contributed by atoms with E-state index in [1.807, 2.05) is 13.2 Å². The molecule has 0 unspecified atom stereocenters. The van der Waals surface area contributed by atoms with Gasteiger partial charge in [-0.15, -0.1) is 0 Å². The highest BCUT2D eigenvalue weighted by atomic mass is 79.9. The Morgan fingerprint density at radius 1 is 1.47 bits per heavy atom. The number of pyridine rings is 1. The van der Waals surface area contributed by atoms with Crippen LogP contribution in [0.1, 0.15) is 26.3 Å². The van der Waals surface area contributed by atoms with Crippen molar-refractivity contribution in [3.63, 3.8) is 0 Å². The molecule has 0 aliphatic heterocycles. The van der Waals surface area contributed by atoms with Gasteiger partial charge in [0.05, 0.1) is 0 Å². The normalized spacial score (nSPS) is 10.9. The number of aromatic nitrogens is 1. The van der Waals surface area contributed by atoms with E-state index in [0.717, 1.165) is 29.9 Å². The summed E-state index contributed by atoms with van der Waals surface area (Å²) >= 11 is 3.48. The van der Waals surface area contributed by atoms with Crippen molar-refractivity contribution in [3.05, 3.63) is 22.3 Å². The monoisotopic (exact) mass is 299 g/mol. The Kier molecular flexibility index (Phi) is 5.92. The first-order chi connectivity index (χ1) is 8.08. The molecule has 0 atom stereocenters. The van der Waals surface area contributed by atoms with Crippen LogP contribution in [0.25, 0.3) is 0 Å². The van der Waals surface area contributed by atoms with E-state index in [2.05, 4.69) is 58.0 Å². The van der Waals surface area contributed by atoms with Crippen LogP contribution in [0.2, 0.25) is 0 Å². The van der Waals surface area contributed by atoms with E-state index >= 15 is 0 Å². The summed E-state index contributed by atoms with van der Waals surface area (Å²) < 4.78 is 1.03. The zero-order valence-electron chi connectivity index (χ0n) is 11.1. The molecule has 1 aromatic rings. The van der Waals surface area contributed by atoms with Crippen molar-refractivity contribution in [2.75, 3.05) is 25.0 Å². The molecule has 0 spiro atoms. The van der Waals surface area contributed by atoms with Gasteiger partial charge in [-0.2, -0.15) is 0 Å². The Hall–Kier alpha value is -0.610. The van der Waals surface area contributed by atoms with Crippen molar-refractivity contribution in [1.82, 2.24) is 10.3 Å². The summed E-state index contributed by atoms with van der Waals surface area (Å²) in [5, 5.41) is 3.20. The van der Waals surface area contributed by atoms with Gasteiger partial charge in [0.25, 0.3) is 0 Å². The number of halogens is 1. The summed E-state index contributed by atoms with van der Waals surface area (Å²) in [5.41, 5.74) is 1.24. The molecule has 0 radical (unpaired) electrons. The predicted molar refractivity (Wildman–Crippen MR) is 77.4 cm³/mol. The summed E-state index contributed by atoms with van der Waals surface area (Å²) in [6, 6.07) is 2.14. The van der Waals surface area contributed by atoms with Crippen LogP contribution in [0.3, 0.4) is 0 Å². The van der Waals surface area contributed by atoms with Crippen LogP contribution in [0.4, 0.5) is 5.82 Å². The van der Waals surface area contributed by atoms with Crippen LogP contribution in [0.5, 0.6) is 0 Å². The van der Waals surface area contributed by atoms with E-state index in [9.17, 15) is 0 Å². The molecule has 1 rings (SSSR count). The summed E-state index contributed by atoms with van der Waals surface area (Å²) in [6.45, 7) is 9.52. The van der Waals surface area contributed by atoms with Gasteiger partial charge in [-0.1, -0.05) is 13.8 Å². The third-order valence-corrected chi connectivity index (χ3v) is 2.98. The maximum absolute atomic E-state index is 4.56. The van der Waals surface area contributed by atoms with Gasteiger partial charge in [0, 0.05) is 35.9 Å². The summed E-state index contributed by atoms with van der Waals surface area (Å²) in [4.78, 5) is 6.90. The average molecular weight is 300 g/mol. The second-order valence-electron chi connectivity index (χ2n) is 4.60. The number of hydrogen-bond acceptors (Lipinski definition) is 3. The molecule has 0 saturated carbocycles. The molecular weight excluding hydrogens is 278 g/mol. The third-order valence-electron chi connectivity index (χ3n) is 2.54. The molecule has 4 heteroatoms. The molecule has 0 fully saturated rings. The fraction of sp³-hybridized carbons (Fsp3) is 0.615. The lowest BCUT2D eigenvalue weighted by atomic mass is 10.2. The van der Waals surface area contributed by atoms with Crippen LogP contribution >= 0.6 is 15.9 Å². The molecule has 0 bridgehead atoms. The summed E-state index contributed by atoms with van der Waals surface area (Å²) in [5.74, 6) is 1.74. The van der Waals surface area contributed by atoms with Gasteiger partial charge >= 0.3 is 0 Å². The Balaban J connectivity index is 3.00. The van der Waals surface area contributed by atoms with Crippen molar-refractivity contribution in [3.8, 4) is 0 Å². The molecule has 0 amide bonds. The van der Waals surface area contributed by atoms with Gasteiger partial charge in [-0.3, -0.25) is 0 Å². The predicted octanol–water partition coefficient (Wildman–Crippen LogP) is 3.05. The van der Waals surface area contributed by atoms with Crippen LogP contribution < -0.4 is 10.2 Å². The molecule has 1 heterocycles. The minimum absolute atomic E-state index is 0.642. The molecule has 1 aromatic heterocycles. The maximum atomic E-state index is 4.56. The minimum atomic E-state index is 0.642. The third kappa shape index (κ3) is 4.28. The SMILES string of the molecule is CCN(CC(C)C)c1ncc(Br)cc1CNC. The zero-order chi connectivity index (χ0) is 12.8. The van der Waals surface area contributed by atoms with Crippen molar-refractivity contribution < 1.29 is 0 Å². The highest BCUT2D eigenvalue weighted by molar-refractivity contribution is 9.10. The average Bonchev–Trinajstić information content (AvgIpc) is 2.27. The Bertz CT molecular complexity index is 353. The lowest BCUT2D eigenvalue weighted by molar-refractivity contribution is 0.611. The number of anilines is 1. The van der Waals surface area contributed by atoms with E-state index in [4.69, 9.17) is 0 Å². The van der Waals surface area contributed by atoms with Gasteiger partial charge in [-0.25, -0.2) is 4.98 Å². The van der Waals surface area contributed by atoms with Crippen LogP contribution in [0, 0.1) is 5.92 Å². The molecule has 0 saturated heterocycles. The first kappa shape index (κ1) is 14.5. The molecule has 3 nitrogen and oxygen atoms in total. The maximum Gasteiger partial charge on any atom is 0.133 e. The fourth-order valence-electron chi connectivity index (χ4n) is 1.89. The van der Waals surface area contributed by atoms with Gasteiger partial charge in [-0.05, 0) is 41.9 Å². The lowest BCUT2D eigenvalue weighted by Gasteiger charge is -2.26. The van der Waals surface area contributed by atoms with E-state index in [1.54, 1.807) is 0 Å². The van der Waals surface area contributed by atoms with Gasteiger partial charge in [0.15, 0.2) is 0 Å². The van der Waals surface area contributed by atoms with E-state index in [1.165, 1.54) is 5.56 Å². The van der Waals surface area contributed by atoms with E-state index in [0.29, 0.717) is 5.92 Å². The zero-order valence-corrected chi connectivity index (χ0v) is 12.7. The van der Waals surface area contributed by atoms with Crippen LogP contribution in [-0.4, -0.2) is 25.1 Å². The molecule has 96 valence electrons. The first-order valence-corrected chi connectivity index (χ1v) is 6.91. The van der Waals surface area contributed by atoms with Gasteiger partial charge < -0.3 is 10.2 Å². The second-order valence-corrected chi connectivity index (χ2v) is 5.51. The van der Waals surface area contributed by atoms with Gasteiger partial charge in [0.1, 0.15) is 5.82 Å². The Morgan fingerprint density at radius 2 is 2.18 bits per heavy atom. The van der Waals surface area contributed by atoms with Gasteiger partial charge in [0.2, 0.25) is 0 Å². The smallest absolute Gasteiger partial charge is 0.133 e. The number of nitrogens with one attached hydrogen (secondary N) is 1. The number of nitrogens with zero attached hydrogens (tertiary/aromatic N) is 2. The van der Waals surface area contributed by atoms with Crippen molar-refractivity contribution in [1.29, 1.82) is 0 Å². The minimum Gasteiger partial charge on any atom is -0.356 e. The Labute approximate surface area is 113 Å². The topological polar surface area (TPSA) is 28.2 Å². The van der Waals surface area contributed by atoms with Crippen LogP contribution in [-0.2, 0) is 6.54 Å². The summed E-state index contributed by atoms with van der Waals surface area (Å²) in [6.07, 6.45) is 1.87. The summed E-state index contributed by atoms with van der Waals surface area (Å²) in [7, 11) is 1.96. The van der Waals surface area contributed by atoms with E-state index in [-0.39, 0.29) is 0 Å². The number of hydrogen-bond donors (Lipinski definition) is 1. The molecule has 0 aliphatic rings. The van der Waals surface area contributed by atoms with Crippen LogP contribution in [0.15, 0.2) is 16.7 Å².